The number of benzene rings is 18. The van der Waals surface area contributed by atoms with Crippen molar-refractivity contribution >= 4 is 64.6 Å². The van der Waals surface area contributed by atoms with Crippen LogP contribution in [0.4, 0.5) is 0 Å². The molecule has 0 bridgehead atoms. The second kappa shape index (κ2) is 26.6. The van der Waals surface area contributed by atoms with Crippen molar-refractivity contribution in [2.75, 3.05) is 0 Å². The van der Waals surface area contributed by atoms with Gasteiger partial charge in [0, 0.05) is 0 Å². The third-order valence-corrected chi connectivity index (χ3v) is 18.8. The highest BCUT2D eigenvalue weighted by molar-refractivity contribution is 6.24. The smallest absolute Gasteiger partial charge is 0.00201 e. The van der Waals surface area contributed by atoms with E-state index in [9.17, 15) is 0 Å². The maximum Gasteiger partial charge on any atom is -0.00201 e. The minimum Gasteiger partial charge on any atom is -0.0622 e. The van der Waals surface area contributed by atoms with Gasteiger partial charge in [-0.2, -0.15) is 0 Å². The second-order valence-electron chi connectivity index (χ2n) is 24.4. The van der Waals surface area contributed by atoms with E-state index in [1.165, 1.54) is 165 Å². The van der Waals surface area contributed by atoms with E-state index in [4.69, 9.17) is 0 Å². The van der Waals surface area contributed by atoms with Crippen LogP contribution in [-0.2, 0) is 0 Å². The van der Waals surface area contributed by atoms with Gasteiger partial charge in [0.25, 0.3) is 0 Å². The van der Waals surface area contributed by atoms with Gasteiger partial charge in [-0.15, -0.1) is 0 Å². The maximum absolute atomic E-state index is 2.33. The van der Waals surface area contributed by atoms with Gasteiger partial charge in [0.2, 0.25) is 0 Å². The molecule has 450 valence electrons. The summed E-state index contributed by atoms with van der Waals surface area (Å²) in [6, 6.07) is 144. The van der Waals surface area contributed by atoms with Crippen molar-refractivity contribution in [2.24, 2.45) is 0 Å². The average molecular weight is 1220 g/mol. The van der Waals surface area contributed by atoms with Crippen LogP contribution in [0.3, 0.4) is 0 Å². The fraction of sp³-hybridized carbons (Fsp3) is 0. The van der Waals surface area contributed by atoms with Crippen LogP contribution < -0.4 is 0 Å². The molecule has 0 N–H and O–H groups in total. The van der Waals surface area contributed by atoms with E-state index in [2.05, 4.69) is 400 Å². The highest BCUT2D eigenvalue weighted by Crippen LogP contribution is 2.48. The van der Waals surface area contributed by atoms with Crippen LogP contribution in [0.1, 0.15) is 0 Å². The SMILES string of the molecule is c1ccc(-c2ccc(-c3c4ccccc4c(-c4ccccc4)c4ccccc34)cc2)cc1.c1ccc(-c2cccc(-c3c4ccccc4c(-c4ccccc4)c4ccccc34)c2)cc1.c1ccc(-c2ccccc2-c2c3ccccc3c(-c3ccccc3)c3ccccc23)cc1. The van der Waals surface area contributed by atoms with Gasteiger partial charge in [-0.3, -0.25) is 0 Å². The van der Waals surface area contributed by atoms with E-state index < -0.39 is 0 Å². The first-order chi connectivity index (χ1) is 47.7. The van der Waals surface area contributed by atoms with Crippen LogP contribution >= 0.6 is 0 Å². The summed E-state index contributed by atoms with van der Waals surface area (Å²) in [4.78, 5) is 0. The minimum absolute atomic E-state index is 1.24. The van der Waals surface area contributed by atoms with E-state index >= 15 is 0 Å². The van der Waals surface area contributed by atoms with Gasteiger partial charge in [-0.05, 0) is 171 Å². The zero-order chi connectivity index (χ0) is 64.0. The highest BCUT2D eigenvalue weighted by atomic mass is 14.2. The number of hydrogen-bond donors (Lipinski definition) is 0. The number of hydrogen-bond acceptors (Lipinski definition) is 0. The molecule has 0 unspecified atom stereocenters. The maximum atomic E-state index is 2.33. The van der Waals surface area contributed by atoms with Gasteiger partial charge in [-0.1, -0.05) is 394 Å². The van der Waals surface area contributed by atoms with Gasteiger partial charge < -0.3 is 0 Å². The summed E-state index contributed by atoms with van der Waals surface area (Å²) in [5, 5.41) is 15.5. The van der Waals surface area contributed by atoms with E-state index in [0.717, 1.165) is 0 Å². The molecular formula is C96H66. The van der Waals surface area contributed by atoms with Gasteiger partial charge in [0.15, 0.2) is 0 Å². The summed E-state index contributed by atoms with van der Waals surface area (Å²) in [7, 11) is 0. The Labute approximate surface area is 561 Å². The molecule has 0 atom stereocenters. The molecular weight excluding hydrogens is 1150 g/mol. The van der Waals surface area contributed by atoms with Crippen LogP contribution in [-0.4, -0.2) is 0 Å². The van der Waals surface area contributed by atoms with Crippen molar-refractivity contribution in [1.82, 2.24) is 0 Å². The molecule has 18 aromatic carbocycles. The lowest BCUT2D eigenvalue weighted by Crippen LogP contribution is -1.92. The van der Waals surface area contributed by atoms with Crippen molar-refractivity contribution in [3.05, 3.63) is 400 Å². The third kappa shape index (κ3) is 11.3. The van der Waals surface area contributed by atoms with Crippen molar-refractivity contribution in [2.45, 2.75) is 0 Å². The molecule has 0 nitrogen and oxygen atoms in total. The molecule has 0 aliphatic carbocycles. The first-order valence-electron chi connectivity index (χ1n) is 33.1. The number of rotatable bonds is 9. The largest absolute Gasteiger partial charge is 0.0622 e. The molecule has 0 fully saturated rings. The molecule has 18 rings (SSSR count). The zero-order valence-corrected chi connectivity index (χ0v) is 53.1. The predicted molar refractivity (Wildman–Crippen MR) is 413 cm³/mol. The summed E-state index contributed by atoms with van der Waals surface area (Å²) in [6.45, 7) is 0. The predicted octanol–water partition coefficient (Wildman–Crippen LogP) is 27.0. The van der Waals surface area contributed by atoms with Crippen LogP contribution in [0.5, 0.6) is 0 Å². The van der Waals surface area contributed by atoms with E-state index in [1.807, 2.05) is 0 Å². The normalized spacial score (nSPS) is 11.1. The van der Waals surface area contributed by atoms with Crippen LogP contribution in [0.15, 0.2) is 400 Å². The van der Waals surface area contributed by atoms with Crippen LogP contribution in [0.25, 0.3) is 165 Å². The lowest BCUT2D eigenvalue weighted by atomic mass is 9.84. The Hall–Kier alpha value is -12.5. The molecule has 0 saturated heterocycles. The van der Waals surface area contributed by atoms with Crippen molar-refractivity contribution in [1.29, 1.82) is 0 Å². The average Bonchev–Trinajstić information content (AvgIpc) is 0.752. The highest BCUT2D eigenvalue weighted by Gasteiger charge is 2.21. The van der Waals surface area contributed by atoms with Crippen LogP contribution in [0.2, 0.25) is 0 Å². The Morgan fingerprint density at radius 2 is 0.281 bits per heavy atom. The molecule has 96 heavy (non-hydrogen) atoms. The summed E-state index contributed by atoms with van der Waals surface area (Å²) >= 11 is 0. The molecule has 0 aliphatic rings. The van der Waals surface area contributed by atoms with Gasteiger partial charge in [0.1, 0.15) is 0 Å². The van der Waals surface area contributed by atoms with Crippen LogP contribution in [0, 0.1) is 0 Å². The Kier molecular flexibility index (Phi) is 16.2. The van der Waals surface area contributed by atoms with E-state index in [-0.39, 0.29) is 0 Å². The van der Waals surface area contributed by atoms with Crippen molar-refractivity contribution < 1.29 is 0 Å². The Bertz CT molecular complexity index is 5570. The lowest BCUT2D eigenvalue weighted by Gasteiger charge is -2.19. The molecule has 0 aromatic heterocycles. The molecule has 0 radical (unpaired) electrons. The Balaban J connectivity index is 0.000000113. The summed E-state index contributed by atoms with van der Waals surface area (Å²) in [5.74, 6) is 0. The zero-order valence-electron chi connectivity index (χ0n) is 53.1. The van der Waals surface area contributed by atoms with E-state index in [0.29, 0.717) is 0 Å². The monoisotopic (exact) mass is 1220 g/mol. The fourth-order valence-corrected chi connectivity index (χ4v) is 14.6. The molecule has 18 aromatic rings. The summed E-state index contributed by atoms with van der Waals surface area (Å²) < 4.78 is 0. The topological polar surface area (TPSA) is 0 Å². The Morgan fingerprint density at radius 3 is 0.604 bits per heavy atom. The third-order valence-electron chi connectivity index (χ3n) is 18.8. The molecule has 0 saturated carbocycles. The first kappa shape index (κ1) is 58.6. The second-order valence-corrected chi connectivity index (χ2v) is 24.4. The summed E-state index contributed by atoms with van der Waals surface area (Å²) in [5.41, 5.74) is 22.8. The standard InChI is InChI=1S/3C32H22/c1-3-12-23(13-4-1)25-16-11-17-26(22-25)32-29-20-9-7-18-27(29)31(24-14-5-2-6-15-24)28-19-8-10-21-30(28)32;1-3-11-23(12-4-1)24-19-21-26(22-20-24)32-29-17-9-7-15-27(29)31(25-13-5-2-6-14-25)28-16-8-10-18-30(28)32;1-3-13-23(14-4-1)25-17-7-8-18-26(25)32-29-21-11-9-19-27(29)31(24-15-5-2-6-16-24)28-20-10-12-22-30(28)32/h3*1-22H. The van der Waals surface area contributed by atoms with Crippen molar-refractivity contribution in [3.8, 4) is 100 Å². The molecule has 0 spiro atoms. The molecule has 0 heterocycles. The van der Waals surface area contributed by atoms with Gasteiger partial charge in [-0.25, -0.2) is 0 Å². The van der Waals surface area contributed by atoms with Gasteiger partial charge >= 0.3 is 0 Å². The molecule has 0 heteroatoms. The van der Waals surface area contributed by atoms with Gasteiger partial charge in [0.05, 0.1) is 0 Å². The minimum atomic E-state index is 1.24. The number of fused-ring (bicyclic) bond motifs is 6. The lowest BCUT2D eigenvalue weighted by molar-refractivity contribution is 1.60. The van der Waals surface area contributed by atoms with Crippen molar-refractivity contribution in [3.63, 3.8) is 0 Å². The summed E-state index contributed by atoms with van der Waals surface area (Å²) in [6.07, 6.45) is 0. The first-order valence-corrected chi connectivity index (χ1v) is 33.1. The van der Waals surface area contributed by atoms with E-state index in [1.54, 1.807) is 0 Å². The fourth-order valence-electron chi connectivity index (χ4n) is 14.6. The Morgan fingerprint density at radius 1 is 0.0938 bits per heavy atom. The quantitative estimate of drug-likeness (QED) is 0.126. The molecule has 0 aliphatic heterocycles. The molecule has 0 amide bonds.